The molecule has 0 saturated carbocycles. The molecule has 1 heterocycles. The molecular weight excluding hydrogens is 349 g/mol. The number of carbonyl (C=O) groups is 1. The van der Waals surface area contributed by atoms with Crippen LogP contribution in [0.25, 0.3) is 0 Å². The maximum atomic E-state index is 13.3. The van der Waals surface area contributed by atoms with Crippen molar-refractivity contribution in [1.29, 1.82) is 0 Å². The van der Waals surface area contributed by atoms with Gasteiger partial charge in [0.05, 0.1) is 26.5 Å². The molecule has 2 amide bonds. The highest BCUT2D eigenvalue weighted by Gasteiger charge is 2.38. The fourth-order valence-corrected chi connectivity index (χ4v) is 3.04. The van der Waals surface area contributed by atoms with Gasteiger partial charge in [0, 0.05) is 16.7 Å². The second-order valence-electron chi connectivity index (χ2n) is 6.90. The maximum Gasteiger partial charge on any atom is 0.342 e. The number of hydrogen-bond acceptors (Lipinski definition) is 4. The predicted octanol–water partition coefficient (Wildman–Crippen LogP) is 4.12. The van der Waals surface area contributed by atoms with Crippen molar-refractivity contribution in [3.63, 3.8) is 0 Å². The molecule has 0 aromatic heterocycles. The monoisotopic (exact) mass is 371 g/mol. The Morgan fingerprint density at radius 1 is 1.15 bits per heavy atom. The maximum absolute atomic E-state index is 13.3. The highest BCUT2D eigenvalue weighted by molar-refractivity contribution is 6.07. The molecule has 0 aliphatic carbocycles. The molecule has 2 aromatic carbocycles. The van der Waals surface area contributed by atoms with E-state index < -0.39 is 11.8 Å². The van der Waals surface area contributed by atoms with Gasteiger partial charge in [0.15, 0.2) is 11.5 Å². The van der Waals surface area contributed by atoms with Crippen LogP contribution in [0.15, 0.2) is 47.6 Å². The molecule has 3 rings (SSSR count). The minimum absolute atomic E-state index is 0.362. The Balaban J connectivity index is 1.86. The largest absolute Gasteiger partial charge is 0.493 e. The van der Waals surface area contributed by atoms with E-state index in [0.717, 1.165) is 11.3 Å². The predicted molar refractivity (Wildman–Crippen MR) is 102 cm³/mol. The van der Waals surface area contributed by atoms with Crippen molar-refractivity contribution in [1.82, 2.24) is 5.01 Å². The lowest BCUT2D eigenvalue weighted by Crippen LogP contribution is -2.34. The van der Waals surface area contributed by atoms with E-state index in [0.29, 0.717) is 23.7 Å². The fraction of sp³-hybridized carbons (Fsp3) is 0.300. The van der Waals surface area contributed by atoms with Crippen LogP contribution in [0.1, 0.15) is 19.4 Å². The molecule has 0 saturated heterocycles. The second kappa shape index (κ2) is 7.26. The highest BCUT2D eigenvalue weighted by Crippen LogP contribution is 2.35. The molecule has 0 spiro atoms. The Kier molecular flexibility index (Phi) is 5.03. The van der Waals surface area contributed by atoms with E-state index in [1.165, 1.54) is 23.2 Å². The molecule has 0 radical (unpaired) electrons. The topological polar surface area (TPSA) is 63.2 Å². The Hall–Kier alpha value is -3.09. The molecule has 7 heteroatoms. The first kappa shape index (κ1) is 18.7. The molecule has 27 heavy (non-hydrogen) atoms. The third-order valence-corrected chi connectivity index (χ3v) is 4.37. The Morgan fingerprint density at radius 3 is 2.56 bits per heavy atom. The van der Waals surface area contributed by atoms with Gasteiger partial charge in [-0.1, -0.05) is 19.9 Å². The Bertz CT molecular complexity index is 896. The SMILES string of the molecule is COc1ccc(C2=NN(C(=O)Nc3cccc(F)c3)CC2(C)C)cc1OC. The summed E-state index contributed by atoms with van der Waals surface area (Å²) in [6.07, 6.45) is 0. The molecule has 0 atom stereocenters. The lowest BCUT2D eigenvalue weighted by molar-refractivity contribution is 0.210. The second-order valence-corrected chi connectivity index (χ2v) is 6.90. The quantitative estimate of drug-likeness (QED) is 0.879. The zero-order valence-electron chi connectivity index (χ0n) is 15.7. The van der Waals surface area contributed by atoms with Gasteiger partial charge in [-0.3, -0.25) is 0 Å². The smallest absolute Gasteiger partial charge is 0.342 e. The van der Waals surface area contributed by atoms with Gasteiger partial charge in [0.1, 0.15) is 5.82 Å². The fourth-order valence-electron chi connectivity index (χ4n) is 3.04. The van der Waals surface area contributed by atoms with Crippen LogP contribution >= 0.6 is 0 Å². The standard InChI is InChI=1S/C20H22FN3O3/c1-20(2)12-24(19(25)22-15-7-5-6-14(21)11-15)23-18(20)13-8-9-16(26-3)17(10-13)27-4/h5-11H,12H2,1-4H3,(H,22,25). The normalized spacial score (nSPS) is 15.3. The number of rotatable bonds is 4. The van der Waals surface area contributed by atoms with Crippen LogP contribution in [0, 0.1) is 11.2 Å². The van der Waals surface area contributed by atoms with E-state index >= 15 is 0 Å². The van der Waals surface area contributed by atoms with Crippen molar-refractivity contribution in [2.45, 2.75) is 13.8 Å². The summed E-state index contributed by atoms with van der Waals surface area (Å²) < 4.78 is 24.0. The first-order valence-electron chi connectivity index (χ1n) is 8.49. The third-order valence-electron chi connectivity index (χ3n) is 4.37. The summed E-state index contributed by atoms with van der Waals surface area (Å²) in [7, 11) is 3.15. The average molecular weight is 371 g/mol. The number of ether oxygens (including phenoxy) is 2. The van der Waals surface area contributed by atoms with Gasteiger partial charge in [0.2, 0.25) is 0 Å². The van der Waals surface area contributed by atoms with E-state index in [-0.39, 0.29) is 5.41 Å². The number of benzene rings is 2. The van der Waals surface area contributed by atoms with Gasteiger partial charge in [-0.15, -0.1) is 0 Å². The van der Waals surface area contributed by atoms with Crippen molar-refractivity contribution in [3.8, 4) is 11.5 Å². The van der Waals surface area contributed by atoms with Crippen LogP contribution in [0.4, 0.5) is 14.9 Å². The Morgan fingerprint density at radius 2 is 1.89 bits per heavy atom. The van der Waals surface area contributed by atoms with Crippen LogP contribution in [0.2, 0.25) is 0 Å². The molecule has 1 aliphatic rings. The number of nitrogens with zero attached hydrogens (tertiary/aromatic N) is 2. The molecule has 2 aromatic rings. The zero-order valence-corrected chi connectivity index (χ0v) is 15.7. The van der Waals surface area contributed by atoms with Crippen molar-refractivity contribution < 1.29 is 18.7 Å². The summed E-state index contributed by atoms with van der Waals surface area (Å²) in [4.78, 5) is 12.6. The summed E-state index contributed by atoms with van der Waals surface area (Å²) >= 11 is 0. The number of halogens is 1. The summed E-state index contributed by atoms with van der Waals surface area (Å²) in [6.45, 7) is 4.42. The number of methoxy groups -OCH3 is 2. The molecule has 0 fully saturated rings. The van der Waals surface area contributed by atoms with E-state index in [1.807, 2.05) is 32.0 Å². The highest BCUT2D eigenvalue weighted by atomic mass is 19.1. The summed E-state index contributed by atoms with van der Waals surface area (Å²) in [5.74, 6) is 0.804. The minimum atomic E-state index is -0.413. The summed E-state index contributed by atoms with van der Waals surface area (Å²) in [5, 5.41) is 8.54. The summed E-state index contributed by atoms with van der Waals surface area (Å²) in [6, 6.07) is 10.9. The average Bonchev–Trinajstić information content (AvgIpc) is 2.96. The lowest BCUT2D eigenvalue weighted by atomic mass is 9.84. The van der Waals surface area contributed by atoms with Gasteiger partial charge in [-0.05, 0) is 36.4 Å². The number of anilines is 1. The molecular formula is C20H22FN3O3. The molecule has 0 unspecified atom stereocenters. The zero-order chi connectivity index (χ0) is 19.6. The van der Waals surface area contributed by atoms with Crippen LogP contribution in [0.3, 0.4) is 0 Å². The van der Waals surface area contributed by atoms with Crippen LogP contribution < -0.4 is 14.8 Å². The van der Waals surface area contributed by atoms with Gasteiger partial charge in [0.25, 0.3) is 0 Å². The minimum Gasteiger partial charge on any atom is -0.493 e. The first-order chi connectivity index (χ1) is 12.8. The summed E-state index contributed by atoms with van der Waals surface area (Å²) in [5.41, 5.74) is 1.63. The number of hydrogen-bond donors (Lipinski definition) is 1. The third kappa shape index (κ3) is 3.86. The van der Waals surface area contributed by atoms with E-state index in [1.54, 1.807) is 20.3 Å². The molecule has 0 bridgehead atoms. The van der Waals surface area contributed by atoms with E-state index in [2.05, 4.69) is 10.4 Å². The van der Waals surface area contributed by atoms with E-state index in [9.17, 15) is 9.18 Å². The first-order valence-corrected chi connectivity index (χ1v) is 8.49. The molecule has 6 nitrogen and oxygen atoms in total. The number of amides is 2. The number of hydrazone groups is 1. The van der Waals surface area contributed by atoms with Crippen LogP contribution in [0.5, 0.6) is 11.5 Å². The van der Waals surface area contributed by atoms with Gasteiger partial charge in [-0.25, -0.2) is 14.2 Å². The number of urea groups is 1. The Labute approximate surface area is 157 Å². The van der Waals surface area contributed by atoms with E-state index in [4.69, 9.17) is 9.47 Å². The van der Waals surface area contributed by atoms with Crippen molar-refractivity contribution in [2.75, 3.05) is 26.1 Å². The molecule has 1 N–H and O–H groups in total. The van der Waals surface area contributed by atoms with Gasteiger partial charge < -0.3 is 14.8 Å². The van der Waals surface area contributed by atoms with Crippen molar-refractivity contribution >= 4 is 17.4 Å². The molecule has 1 aliphatic heterocycles. The van der Waals surface area contributed by atoms with Gasteiger partial charge in [-0.2, -0.15) is 5.10 Å². The van der Waals surface area contributed by atoms with Crippen molar-refractivity contribution in [3.05, 3.63) is 53.8 Å². The lowest BCUT2D eigenvalue weighted by Gasteiger charge is -2.21. The van der Waals surface area contributed by atoms with Crippen LogP contribution in [-0.4, -0.2) is 37.5 Å². The van der Waals surface area contributed by atoms with Crippen LogP contribution in [-0.2, 0) is 0 Å². The number of carbonyl (C=O) groups excluding carboxylic acids is 1. The number of nitrogens with one attached hydrogen (secondary N) is 1. The molecule has 142 valence electrons. The van der Waals surface area contributed by atoms with Crippen molar-refractivity contribution in [2.24, 2.45) is 10.5 Å². The van der Waals surface area contributed by atoms with Gasteiger partial charge >= 0.3 is 6.03 Å².